The van der Waals surface area contributed by atoms with Crippen LogP contribution in [-0.2, 0) is 18.7 Å². The second-order valence-electron chi connectivity index (χ2n) is 15.8. The molecular formula is C32H55F4N8Ti-. The molecule has 9 rings (SSSR count). The maximum absolute atomic E-state index is 9.88. The summed E-state index contributed by atoms with van der Waals surface area (Å²) in [6.07, 6.45) is 26.4. The van der Waals surface area contributed by atoms with Crippen LogP contribution in [0.15, 0.2) is 0 Å². The molecule has 5 saturated heterocycles. The molecule has 4 aliphatic carbocycles. The number of rotatable bonds is 0. The molecule has 256 valence electrons. The molecule has 13 heteroatoms. The van der Waals surface area contributed by atoms with E-state index in [1.165, 1.54) is 96.3 Å². The standard InChI is InChI=1S/C32H55N8.4FH.Ti/c1-2-10-18-17(9-1)25-33-26(18)38-28-21-13-5-6-14-22(21)30(35-28)40-32-24-16-8-7-15-23(24)31(36-32)39-29-20-12-4-3-11-19(20)27(34-29)37-25;;;;;/h9,17-40H,1-8,10-16H2;4*1H;/q-1;;;;;+4/p-4. The Morgan fingerprint density at radius 2 is 0.600 bits per heavy atom. The van der Waals surface area contributed by atoms with Gasteiger partial charge < -0.3 is 6.42 Å². The molecule has 5 heterocycles. The Labute approximate surface area is 272 Å². The van der Waals surface area contributed by atoms with Gasteiger partial charge in [-0.25, -0.2) is 0 Å². The molecule has 0 aromatic rings. The van der Waals surface area contributed by atoms with Crippen LogP contribution in [0.1, 0.15) is 96.3 Å². The van der Waals surface area contributed by atoms with Gasteiger partial charge in [0, 0.05) is 6.17 Å². The summed E-state index contributed by atoms with van der Waals surface area (Å²) in [6, 6.07) is 0. The van der Waals surface area contributed by atoms with Gasteiger partial charge in [-0.1, -0.05) is 51.4 Å². The van der Waals surface area contributed by atoms with Gasteiger partial charge in [0.05, 0.1) is 43.2 Å². The predicted octanol–water partition coefficient (Wildman–Crippen LogP) is 4.10. The Morgan fingerprint density at radius 3 is 0.911 bits per heavy atom. The molecule has 0 aromatic carbocycles. The van der Waals surface area contributed by atoms with E-state index >= 15 is 0 Å². The summed E-state index contributed by atoms with van der Waals surface area (Å²) in [6.45, 7) is 0. The number of nitrogens with one attached hydrogen (secondary N) is 8. The molecule has 16 unspecified atom stereocenters. The molecule has 8 nitrogen and oxygen atoms in total. The molecule has 8 N–H and O–H groups in total. The van der Waals surface area contributed by atoms with E-state index in [0.717, 1.165) is 35.5 Å². The van der Waals surface area contributed by atoms with Gasteiger partial charge in [0.15, 0.2) is 0 Å². The number of hydrogen-bond acceptors (Lipinski definition) is 8. The van der Waals surface area contributed by atoms with Gasteiger partial charge in [-0.2, -0.15) is 6.42 Å². The molecule has 8 bridgehead atoms. The van der Waals surface area contributed by atoms with Gasteiger partial charge in [-0.05, 0) is 80.0 Å². The topological polar surface area (TPSA) is 96.2 Å². The Kier molecular flexibility index (Phi) is 9.65. The number of hydrogen-bond donors (Lipinski definition) is 8. The van der Waals surface area contributed by atoms with Crippen molar-refractivity contribution in [2.45, 2.75) is 146 Å². The fourth-order valence-corrected chi connectivity index (χ4v) is 11.7. The van der Waals surface area contributed by atoms with Crippen molar-refractivity contribution in [3.05, 3.63) is 6.42 Å². The summed E-state index contributed by atoms with van der Waals surface area (Å²) in [5.74, 6) is 5.74. The number of halogens is 4. The SMILES string of the molecule is [CH-]1CCCC2C3NC(NC4NC(NC5NC(NC6NC(N3)C3CCCCC63)C3CCCCC53)C3CCCCC43)C12.[F][Ti]([F])([F])[F]. The Morgan fingerprint density at radius 1 is 0.356 bits per heavy atom. The molecule has 9 aliphatic rings. The third-order valence-electron chi connectivity index (χ3n) is 13.6. The molecule has 16 atom stereocenters. The van der Waals surface area contributed by atoms with Gasteiger partial charge >= 0.3 is 31.1 Å². The summed E-state index contributed by atoms with van der Waals surface area (Å²) in [5.41, 5.74) is 0. The average molecular weight is 676 g/mol. The van der Waals surface area contributed by atoms with Crippen molar-refractivity contribution in [2.24, 2.45) is 47.3 Å². The van der Waals surface area contributed by atoms with E-state index in [1.807, 2.05) is 0 Å². The normalized spacial score (nSPS) is 52.5. The van der Waals surface area contributed by atoms with E-state index in [-0.39, 0.29) is 0 Å². The van der Waals surface area contributed by atoms with E-state index in [2.05, 4.69) is 49.0 Å². The van der Waals surface area contributed by atoms with E-state index in [9.17, 15) is 12.4 Å². The first kappa shape index (κ1) is 32.3. The van der Waals surface area contributed by atoms with Crippen molar-refractivity contribution in [1.82, 2.24) is 42.5 Å². The Bertz CT molecular complexity index is 812. The monoisotopic (exact) mass is 675 g/mol. The second kappa shape index (κ2) is 13.4. The second-order valence-corrected chi connectivity index (χ2v) is 17.2. The van der Waals surface area contributed by atoms with Crippen LogP contribution in [0.3, 0.4) is 0 Å². The van der Waals surface area contributed by atoms with E-state index in [1.54, 1.807) is 0 Å². The third kappa shape index (κ3) is 6.69. The summed E-state index contributed by atoms with van der Waals surface area (Å²) in [7, 11) is 0. The van der Waals surface area contributed by atoms with Gasteiger partial charge in [-0.15, -0.1) is 5.92 Å². The zero-order valence-corrected chi connectivity index (χ0v) is 28.0. The van der Waals surface area contributed by atoms with Crippen LogP contribution in [0, 0.1) is 53.8 Å². The van der Waals surface area contributed by atoms with E-state index < -0.39 is 18.7 Å². The third-order valence-corrected chi connectivity index (χ3v) is 13.6. The van der Waals surface area contributed by atoms with Crippen LogP contribution in [0.25, 0.3) is 0 Å². The molecule has 0 amide bonds. The van der Waals surface area contributed by atoms with E-state index in [0.29, 0.717) is 61.2 Å². The van der Waals surface area contributed by atoms with Crippen molar-refractivity contribution < 1.29 is 31.1 Å². The molecule has 0 spiro atoms. The summed E-state index contributed by atoms with van der Waals surface area (Å²) < 4.78 is 39.5. The van der Waals surface area contributed by atoms with Crippen LogP contribution in [0.5, 0.6) is 0 Å². The molecule has 0 radical (unpaired) electrons. The van der Waals surface area contributed by atoms with Crippen molar-refractivity contribution >= 4 is 0 Å². The predicted molar refractivity (Wildman–Crippen MR) is 161 cm³/mol. The summed E-state index contributed by atoms with van der Waals surface area (Å²) >= 11 is -7.00. The molecule has 9 fully saturated rings. The molecule has 4 saturated carbocycles. The van der Waals surface area contributed by atoms with Gasteiger partial charge in [-0.3, -0.25) is 42.5 Å². The first-order chi connectivity index (χ1) is 21.8. The molecule has 5 aliphatic heterocycles. The zero-order valence-electron chi connectivity index (χ0n) is 26.4. The Balaban J connectivity index is 0.000000560. The Hall–Kier alpha value is 0.114. The molecule has 0 aromatic heterocycles. The van der Waals surface area contributed by atoms with Crippen molar-refractivity contribution in [3.8, 4) is 0 Å². The van der Waals surface area contributed by atoms with Crippen LogP contribution in [-0.4, -0.2) is 49.3 Å². The molecule has 45 heavy (non-hydrogen) atoms. The average Bonchev–Trinajstić information content (AvgIpc) is 3.76. The van der Waals surface area contributed by atoms with Crippen LogP contribution in [0.2, 0.25) is 0 Å². The summed E-state index contributed by atoms with van der Waals surface area (Å²) in [5, 5.41) is 33.7. The first-order valence-electron chi connectivity index (χ1n) is 18.5. The quantitative estimate of drug-likeness (QED) is 0.111. The van der Waals surface area contributed by atoms with Crippen LogP contribution in [0.4, 0.5) is 12.4 Å². The minimum absolute atomic E-state index is 0.365. The van der Waals surface area contributed by atoms with Crippen molar-refractivity contribution in [1.29, 1.82) is 0 Å². The summed E-state index contributed by atoms with van der Waals surface area (Å²) in [4.78, 5) is 0. The fraction of sp³-hybridized carbons (Fsp3) is 0.969. The van der Waals surface area contributed by atoms with E-state index in [4.69, 9.17) is 0 Å². The van der Waals surface area contributed by atoms with Gasteiger partial charge in [0.1, 0.15) is 0 Å². The van der Waals surface area contributed by atoms with Gasteiger partial charge in [0.2, 0.25) is 0 Å². The van der Waals surface area contributed by atoms with Crippen LogP contribution < -0.4 is 42.5 Å². The van der Waals surface area contributed by atoms with Crippen molar-refractivity contribution in [3.63, 3.8) is 0 Å². The minimum atomic E-state index is -7.00. The number of fused-ring (bicyclic) bond motifs is 20. The molecular weight excluding hydrogens is 620 g/mol. The van der Waals surface area contributed by atoms with Crippen molar-refractivity contribution in [2.75, 3.05) is 0 Å². The zero-order chi connectivity index (χ0) is 30.7. The van der Waals surface area contributed by atoms with Crippen LogP contribution >= 0.6 is 0 Å². The van der Waals surface area contributed by atoms with Gasteiger partial charge in [0.25, 0.3) is 0 Å². The first-order valence-corrected chi connectivity index (χ1v) is 20.8. The fourth-order valence-electron chi connectivity index (χ4n) is 11.7. The maximum atomic E-state index is 9.88.